The van der Waals surface area contributed by atoms with Crippen LogP contribution >= 0.6 is 0 Å². The molecule has 0 saturated carbocycles. The molecule has 1 aromatic rings. The summed E-state index contributed by atoms with van der Waals surface area (Å²) in [6.07, 6.45) is 1.74. The van der Waals surface area contributed by atoms with Crippen molar-refractivity contribution in [2.75, 3.05) is 19.8 Å². The number of nitrogens with zero attached hydrogens (tertiary/aromatic N) is 2. The van der Waals surface area contributed by atoms with Gasteiger partial charge in [0.1, 0.15) is 6.04 Å². The molecule has 0 spiro atoms. The molecule has 2 heterocycles. The Labute approximate surface area is 125 Å². The molecule has 1 saturated heterocycles. The molecule has 1 amide bonds. The Hall–Kier alpha value is -1.50. The standard InChI is InChI=1S/C15H24N4O2/c1-11(2)18-15(20)14-10-21-7-6-19(14)9-12-4-3-5-17-13(12)8-16/h3-5,11,14H,6-10,16H2,1-2H3,(H,18,20). The molecule has 1 unspecified atom stereocenters. The number of hydrogen-bond acceptors (Lipinski definition) is 5. The van der Waals surface area contributed by atoms with E-state index >= 15 is 0 Å². The highest BCUT2D eigenvalue weighted by molar-refractivity contribution is 5.82. The highest BCUT2D eigenvalue weighted by Crippen LogP contribution is 2.14. The SMILES string of the molecule is CC(C)NC(=O)C1COCCN1Cc1cccnc1CN. The van der Waals surface area contributed by atoms with Crippen LogP contribution in [-0.4, -0.2) is 47.6 Å². The van der Waals surface area contributed by atoms with Gasteiger partial charge < -0.3 is 15.8 Å². The third-order valence-electron chi connectivity index (χ3n) is 3.52. The van der Waals surface area contributed by atoms with E-state index in [1.807, 2.05) is 26.0 Å². The highest BCUT2D eigenvalue weighted by atomic mass is 16.5. The zero-order chi connectivity index (χ0) is 15.2. The van der Waals surface area contributed by atoms with E-state index in [4.69, 9.17) is 10.5 Å². The molecule has 3 N–H and O–H groups in total. The highest BCUT2D eigenvalue weighted by Gasteiger charge is 2.30. The lowest BCUT2D eigenvalue weighted by atomic mass is 10.1. The number of carbonyl (C=O) groups is 1. The van der Waals surface area contributed by atoms with Gasteiger partial charge in [-0.05, 0) is 25.5 Å². The zero-order valence-corrected chi connectivity index (χ0v) is 12.7. The molecule has 1 aliphatic rings. The second-order valence-electron chi connectivity index (χ2n) is 5.54. The number of nitrogens with two attached hydrogens (primary N) is 1. The number of aromatic nitrogens is 1. The summed E-state index contributed by atoms with van der Waals surface area (Å²) in [7, 11) is 0. The minimum Gasteiger partial charge on any atom is -0.378 e. The third-order valence-corrected chi connectivity index (χ3v) is 3.52. The Balaban J connectivity index is 2.10. The van der Waals surface area contributed by atoms with Crippen LogP contribution in [0.15, 0.2) is 18.3 Å². The maximum absolute atomic E-state index is 12.3. The average Bonchev–Trinajstić information content (AvgIpc) is 2.47. The van der Waals surface area contributed by atoms with E-state index in [9.17, 15) is 4.79 Å². The van der Waals surface area contributed by atoms with E-state index in [0.29, 0.717) is 26.3 Å². The molecule has 116 valence electrons. The molecular formula is C15H24N4O2. The van der Waals surface area contributed by atoms with Crippen molar-refractivity contribution in [3.8, 4) is 0 Å². The first-order valence-electron chi connectivity index (χ1n) is 7.36. The summed E-state index contributed by atoms with van der Waals surface area (Å²) in [5.41, 5.74) is 7.69. The summed E-state index contributed by atoms with van der Waals surface area (Å²) < 4.78 is 5.47. The van der Waals surface area contributed by atoms with Crippen LogP contribution in [0.25, 0.3) is 0 Å². The molecule has 2 rings (SSSR count). The smallest absolute Gasteiger partial charge is 0.239 e. The second kappa shape index (κ2) is 7.49. The summed E-state index contributed by atoms with van der Waals surface area (Å²) in [5.74, 6) is 0.0166. The Kier molecular flexibility index (Phi) is 5.67. The average molecular weight is 292 g/mol. The molecule has 0 aliphatic carbocycles. The number of morpholine rings is 1. The van der Waals surface area contributed by atoms with E-state index in [1.54, 1.807) is 6.20 Å². The topological polar surface area (TPSA) is 80.5 Å². The van der Waals surface area contributed by atoms with Gasteiger partial charge in [0.05, 0.1) is 18.9 Å². The van der Waals surface area contributed by atoms with Gasteiger partial charge in [-0.25, -0.2) is 0 Å². The van der Waals surface area contributed by atoms with Gasteiger partial charge in [0.15, 0.2) is 0 Å². The summed E-state index contributed by atoms with van der Waals surface area (Å²) in [4.78, 5) is 18.7. The lowest BCUT2D eigenvalue weighted by Gasteiger charge is -2.35. The predicted molar refractivity (Wildman–Crippen MR) is 80.4 cm³/mol. The minimum absolute atomic E-state index is 0.0166. The maximum atomic E-state index is 12.3. The van der Waals surface area contributed by atoms with Gasteiger partial charge in [-0.1, -0.05) is 6.07 Å². The predicted octanol–water partition coefficient (Wildman–Crippen LogP) is 0.266. The molecule has 1 atom stereocenters. The molecule has 0 aromatic carbocycles. The first-order valence-corrected chi connectivity index (χ1v) is 7.36. The number of carbonyl (C=O) groups excluding carboxylic acids is 1. The first-order chi connectivity index (χ1) is 10.1. The number of hydrogen-bond donors (Lipinski definition) is 2. The Morgan fingerprint density at radius 1 is 1.62 bits per heavy atom. The molecule has 1 aliphatic heterocycles. The largest absolute Gasteiger partial charge is 0.378 e. The molecule has 21 heavy (non-hydrogen) atoms. The summed E-state index contributed by atoms with van der Waals surface area (Å²) >= 11 is 0. The van der Waals surface area contributed by atoms with Crippen molar-refractivity contribution >= 4 is 5.91 Å². The van der Waals surface area contributed by atoms with Gasteiger partial charge in [0.2, 0.25) is 5.91 Å². The van der Waals surface area contributed by atoms with Gasteiger partial charge in [-0.15, -0.1) is 0 Å². The fourth-order valence-corrected chi connectivity index (χ4v) is 2.47. The van der Waals surface area contributed by atoms with Gasteiger partial charge >= 0.3 is 0 Å². The lowest BCUT2D eigenvalue weighted by molar-refractivity contribution is -0.133. The van der Waals surface area contributed by atoms with Gasteiger partial charge in [-0.2, -0.15) is 0 Å². The van der Waals surface area contributed by atoms with Crippen molar-refractivity contribution in [2.45, 2.75) is 39.0 Å². The normalized spacial score (nSPS) is 19.7. The van der Waals surface area contributed by atoms with Crippen molar-refractivity contribution < 1.29 is 9.53 Å². The van der Waals surface area contributed by atoms with E-state index in [0.717, 1.165) is 17.8 Å². The van der Waals surface area contributed by atoms with Gasteiger partial charge in [0, 0.05) is 31.9 Å². The number of ether oxygens (including phenoxy) is 1. The van der Waals surface area contributed by atoms with Gasteiger partial charge in [-0.3, -0.25) is 14.7 Å². The van der Waals surface area contributed by atoms with Crippen LogP contribution in [0.1, 0.15) is 25.1 Å². The van der Waals surface area contributed by atoms with Crippen LogP contribution in [0.5, 0.6) is 0 Å². The molecule has 1 fully saturated rings. The van der Waals surface area contributed by atoms with Crippen molar-refractivity contribution in [1.29, 1.82) is 0 Å². The van der Waals surface area contributed by atoms with E-state index in [1.165, 1.54) is 0 Å². The number of nitrogens with one attached hydrogen (secondary N) is 1. The van der Waals surface area contributed by atoms with Crippen molar-refractivity contribution in [1.82, 2.24) is 15.2 Å². The minimum atomic E-state index is -0.257. The quantitative estimate of drug-likeness (QED) is 0.814. The van der Waals surface area contributed by atoms with Crippen LogP contribution in [0.2, 0.25) is 0 Å². The molecular weight excluding hydrogens is 268 g/mol. The van der Waals surface area contributed by atoms with E-state index in [-0.39, 0.29) is 18.0 Å². The summed E-state index contributed by atoms with van der Waals surface area (Å²) in [6, 6.07) is 3.78. The Bertz CT molecular complexity index is 478. The number of pyridine rings is 1. The van der Waals surface area contributed by atoms with Crippen LogP contribution in [0.4, 0.5) is 0 Å². The van der Waals surface area contributed by atoms with Crippen LogP contribution in [-0.2, 0) is 22.6 Å². The summed E-state index contributed by atoms with van der Waals surface area (Å²) in [5, 5.41) is 2.96. The number of rotatable bonds is 5. The molecule has 1 aromatic heterocycles. The Morgan fingerprint density at radius 3 is 3.14 bits per heavy atom. The van der Waals surface area contributed by atoms with Crippen molar-refractivity contribution in [3.05, 3.63) is 29.6 Å². The first kappa shape index (κ1) is 15.9. The van der Waals surface area contributed by atoms with Crippen LogP contribution < -0.4 is 11.1 Å². The molecule has 0 bridgehead atoms. The lowest BCUT2D eigenvalue weighted by Crippen LogP contribution is -2.54. The summed E-state index contributed by atoms with van der Waals surface area (Å²) in [6.45, 7) is 6.79. The molecule has 0 radical (unpaired) electrons. The third kappa shape index (κ3) is 4.23. The zero-order valence-electron chi connectivity index (χ0n) is 12.7. The van der Waals surface area contributed by atoms with Crippen LogP contribution in [0.3, 0.4) is 0 Å². The number of amides is 1. The van der Waals surface area contributed by atoms with Gasteiger partial charge in [0.25, 0.3) is 0 Å². The van der Waals surface area contributed by atoms with E-state index < -0.39 is 0 Å². The second-order valence-corrected chi connectivity index (χ2v) is 5.54. The molecule has 6 heteroatoms. The fourth-order valence-electron chi connectivity index (χ4n) is 2.47. The van der Waals surface area contributed by atoms with Crippen LogP contribution in [0, 0.1) is 0 Å². The fraction of sp³-hybridized carbons (Fsp3) is 0.600. The van der Waals surface area contributed by atoms with Crippen molar-refractivity contribution in [2.24, 2.45) is 5.73 Å². The van der Waals surface area contributed by atoms with Crippen molar-refractivity contribution in [3.63, 3.8) is 0 Å². The molecule has 6 nitrogen and oxygen atoms in total. The monoisotopic (exact) mass is 292 g/mol. The van der Waals surface area contributed by atoms with E-state index in [2.05, 4.69) is 15.2 Å². The maximum Gasteiger partial charge on any atom is 0.239 e. The Morgan fingerprint density at radius 2 is 2.43 bits per heavy atom.